The van der Waals surface area contributed by atoms with E-state index in [2.05, 4.69) is 23.7 Å². The van der Waals surface area contributed by atoms with Crippen LogP contribution in [0.1, 0.15) is 24.8 Å². The van der Waals surface area contributed by atoms with Gasteiger partial charge < -0.3 is 15.7 Å². The predicted molar refractivity (Wildman–Crippen MR) is 59.7 cm³/mol. The Hall–Kier alpha value is -0.650. The summed E-state index contributed by atoms with van der Waals surface area (Å²) in [6.45, 7) is 6.29. The molecular formula is C9H17N3OS. The molecule has 0 aliphatic rings. The van der Waals surface area contributed by atoms with Crippen LogP contribution < -0.4 is 10.6 Å². The van der Waals surface area contributed by atoms with E-state index in [0.29, 0.717) is 0 Å². The molecule has 1 heterocycles. The molecule has 1 unspecified atom stereocenters. The lowest BCUT2D eigenvalue weighted by atomic mass is 10.3. The van der Waals surface area contributed by atoms with E-state index in [9.17, 15) is 5.11 Å². The fourth-order valence-electron chi connectivity index (χ4n) is 1.19. The Morgan fingerprint density at radius 1 is 1.57 bits per heavy atom. The lowest BCUT2D eigenvalue weighted by Gasteiger charge is -2.16. The molecule has 1 rings (SSSR count). The van der Waals surface area contributed by atoms with Gasteiger partial charge in [0.15, 0.2) is 5.13 Å². The Labute approximate surface area is 88.4 Å². The Balaban J connectivity index is 2.76. The second-order valence-electron chi connectivity index (χ2n) is 2.97. The van der Waals surface area contributed by atoms with Gasteiger partial charge in [0.05, 0.1) is 4.88 Å². The van der Waals surface area contributed by atoms with Crippen LogP contribution in [0.2, 0.25) is 0 Å². The lowest BCUT2D eigenvalue weighted by Crippen LogP contribution is -2.21. The first-order valence-corrected chi connectivity index (χ1v) is 5.63. The van der Waals surface area contributed by atoms with Gasteiger partial charge in [0, 0.05) is 25.8 Å². The van der Waals surface area contributed by atoms with Crippen molar-refractivity contribution in [2.24, 2.45) is 5.73 Å². The van der Waals surface area contributed by atoms with Crippen LogP contribution in [0.3, 0.4) is 0 Å². The molecule has 14 heavy (non-hydrogen) atoms. The summed E-state index contributed by atoms with van der Waals surface area (Å²) < 4.78 is 0. The highest BCUT2D eigenvalue weighted by atomic mass is 32.1. The van der Waals surface area contributed by atoms with Crippen molar-refractivity contribution < 1.29 is 5.11 Å². The average Bonchev–Trinajstić information content (AvgIpc) is 2.68. The van der Waals surface area contributed by atoms with Gasteiger partial charge in [-0.3, -0.25) is 0 Å². The molecule has 0 aromatic carbocycles. The summed E-state index contributed by atoms with van der Waals surface area (Å²) in [6.07, 6.45) is 1.13. The third kappa shape index (κ3) is 2.43. The zero-order valence-electron chi connectivity index (χ0n) is 8.60. The van der Waals surface area contributed by atoms with Gasteiger partial charge in [0.1, 0.15) is 6.10 Å². The summed E-state index contributed by atoms with van der Waals surface area (Å²) in [5, 5.41) is 10.5. The van der Waals surface area contributed by atoms with Crippen LogP contribution in [0.15, 0.2) is 6.20 Å². The first kappa shape index (κ1) is 11.4. The van der Waals surface area contributed by atoms with E-state index in [1.54, 1.807) is 6.20 Å². The number of aliphatic hydroxyl groups is 1. The lowest BCUT2D eigenvalue weighted by molar-refractivity contribution is 0.190. The predicted octanol–water partition coefficient (Wildman–Crippen LogP) is 0.981. The van der Waals surface area contributed by atoms with Crippen LogP contribution in [0.25, 0.3) is 0 Å². The fraction of sp³-hybridized carbons (Fsp3) is 0.667. The molecule has 0 amide bonds. The minimum Gasteiger partial charge on any atom is -0.386 e. The van der Waals surface area contributed by atoms with E-state index in [1.807, 2.05) is 0 Å². The van der Waals surface area contributed by atoms with Crippen molar-refractivity contribution in [3.05, 3.63) is 11.1 Å². The Kier molecular flexibility index (Phi) is 4.31. The van der Waals surface area contributed by atoms with Gasteiger partial charge in [-0.15, -0.1) is 0 Å². The Morgan fingerprint density at radius 2 is 2.21 bits per heavy atom. The van der Waals surface area contributed by atoms with Crippen LogP contribution >= 0.6 is 11.3 Å². The highest BCUT2D eigenvalue weighted by molar-refractivity contribution is 7.15. The van der Waals surface area contributed by atoms with E-state index in [0.717, 1.165) is 23.1 Å². The maximum absolute atomic E-state index is 9.50. The van der Waals surface area contributed by atoms with E-state index in [1.165, 1.54) is 11.3 Å². The van der Waals surface area contributed by atoms with Gasteiger partial charge in [-0.1, -0.05) is 11.3 Å². The average molecular weight is 215 g/mol. The zero-order chi connectivity index (χ0) is 10.6. The molecule has 0 radical (unpaired) electrons. The molecule has 5 heteroatoms. The molecule has 0 bridgehead atoms. The highest BCUT2D eigenvalue weighted by Crippen LogP contribution is 2.26. The fourth-order valence-corrected chi connectivity index (χ4v) is 2.23. The largest absolute Gasteiger partial charge is 0.386 e. The number of rotatable bonds is 5. The first-order chi connectivity index (χ1) is 6.72. The summed E-state index contributed by atoms with van der Waals surface area (Å²) in [5.74, 6) is 0. The smallest absolute Gasteiger partial charge is 0.185 e. The number of aliphatic hydroxyl groups excluding tert-OH is 1. The number of hydrogen-bond donors (Lipinski definition) is 2. The van der Waals surface area contributed by atoms with Crippen LogP contribution in [-0.2, 0) is 0 Å². The Bertz CT molecular complexity index is 273. The normalized spacial score (nSPS) is 12.9. The molecule has 0 saturated carbocycles. The number of anilines is 1. The number of nitrogens with zero attached hydrogens (tertiary/aromatic N) is 2. The maximum atomic E-state index is 9.50. The van der Waals surface area contributed by atoms with Gasteiger partial charge in [-0.05, 0) is 13.8 Å². The van der Waals surface area contributed by atoms with E-state index in [-0.39, 0.29) is 6.54 Å². The van der Waals surface area contributed by atoms with Crippen molar-refractivity contribution in [3.63, 3.8) is 0 Å². The number of hydrogen-bond acceptors (Lipinski definition) is 5. The Morgan fingerprint density at radius 3 is 2.71 bits per heavy atom. The summed E-state index contributed by atoms with van der Waals surface area (Å²) >= 11 is 1.51. The molecule has 80 valence electrons. The SMILES string of the molecule is CCN(CC)c1ncc(C(O)CN)s1. The second-order valence-corrected chi connectivity index (χ2v) is 4.01. The van der Waals surface area contributed by atoms with Gasteiger partial charge in [-0.2, -0.15) is 0 Å². The second kappa shape index (κ2) is 5.29. The van der Waals surface area contributed by atoms with Crippen molar-refractivity contribution in [1.82, 2.24) is 4.98 Å². The first-order valence-electron chi connectivity index (χ1n) is 4.81. The van der Waals surface area contributed by atoms with E-state index >= 15 is 0 Å². The van der Waals surface area contributed by atoms with Gasteiger partial charge >= 0.3 is 0 Å². The number of aromatic nitrogens is 1. The monoisotopic (exact) mass is 215 g/mol. The van der Waals surface area contributed by atoms with Gasteiger partial charge in [0.25, 0.3) is 0 Å². The maximum Gasteiger partial charge on any atom is 0.185 e. The van der Waals surface area contributed by atoms with Gasteiger partial charge in [0.2, 0.25) is 0 Å². The van der Waals surface area contributed by atoms with Crippen molar-refractivity contribution in [1.29, 1.82) is 0 Å². The standard InChI is InChI=1S/C9H17N3OS/c1-3-12(4-2)9-11-6-8(14-9)7(13)5-10/h6-7,13H,3-5,10H2,1-2H3. The summed E-state index contributed by atoms with van der Waals surface area (Å²) in [4.78, 5) is 7.25. The highest BCUT2D eigenvalue weighted by Gasteiger charge is 2.12. The van der Waals surface area contributed by atoms with Crippen LogP contribution in [0, 0.1) is 0 Å². The molecule has 1 aromatic heterocycles. The molecule has 0 aliphatic heterocycles. The van der Waals surface area contributed by atoms with Crippen LogP contribution in [0.4, 0.5) is 5.13 Å². The molecule has 0 saturated heterocycles. The van der Waals surface area contributed by atoms with Crippen LogP contribution in [0.5, 0.6) is 0 Å². The van der Waals surface area contributed by atoms with E-state index < -0.39 is 6.10 Å². The summed E-state index contributed by atoms with van der Waals surface area (Å²) in [7, 11) is 0. The minimum atomic E-state index is -0.572. The molecule has 3 N–H and O–H groups in total. The topological polar surface area (TPSA) is 62.4 Å². The summed E-state index contributed by atoms with van der Waals surface area (Å²) in [5.41, 5.74) is 5.37. The number of nitrogens with two attached hydrogens (primary N) is 1. The van der Waals surface area contributed by atoms with Crippen LogP contribution in [-0.4, -0.2) is 29.7 Å². The minimum absolute atomic E-state index is 0.250. The van der Waals surface area contributed by atoms with Crippen molar-refractivity contribution >= 4 is 16.5 Å². The van der Waals surface area contributed by atoms with Gasteiger partial charge in [-0.25, -0.2) is 4.98 Å². The van der Waals surface area contributed by atoms with E-state index in [4.69, 9.17) is 5.73 Å². The molecule has 0 fully saturated rings. The molecule has 1 aromatic rings. The van der Waals surface area contributed by atoms with Crippen molar-refractivity contribution in [3.8, 4) is 0 Å². The zero-order valence-corrected chi connectivity index (χ0v) is 9.42. The summed E-state index contributed by atoms with van der Waals surface area (Å²) in [6, 6.07) is 0. The molecule has 0 aliphatic carbocycles. The molecule has 0 spiro atoms. The third-order valence-electron chi connectivity index (χ3n) is 2.10. The third-order valence-corrected chi connectivity index (χ3v) is 3.26. The molecular weight excluding hydrogens is 198 g/mol. The molecule has 1 atom stereocenters. The quantitative estimate of drug-likeness (QED) is 0.768. The molecule has 4 nitrogen and oxygen atoms in total. The number of thiazole rings is 1. The van der Waals surface area contributed by atoms with Crippen molar-refractivity contribution in [2.45, 2.75) is 20.0 Å². The van der Waals surface area contributed by atoms with Crippen molar-refractivity contribution in [2.75, 3.05) is 24.5 Å².